The Bertz CT molecular complexity index is 2040. The largest absolute Gasteiger partial charge is 0.416 e. The van der Waals surface area contributed by atoms with Gasteiger partial charge in [-0.3, -0.25) is 4.90 Å². The molecule has 242 valence electrons. The molecule has 0 bridgehead atoms. The van der Waals surface area contributed by atoms with Gasteiger partial charge in [0.05, 0.1) is 11.3 Å². The number of aryl methyl sites for hydroxylation is 1. The van der Waals surface area contributed by atoms with E-state index in [1.807, 2.05) is 48.5 Å². The van der Waals surface area contributed by atoms with Gasteiger partial charge in [0.25, 0.3) is 0 Å². The zero-order chi connectivity index (χ0) is 33.3. The van der Waals surface area contributed by atoms with E-state index >= 15 is 0 Å². The van der Waals surface area contributed by atoms with Crippen molar-refractivity contribution in [3.05, 3.63) is 167 Å². The van der Waals surface area contributed by atoms with Crippen molar-refractivity contribution in [3.63, 3.8) is 0 Å². The zero-order valence-electron chi connectivity index (χ0n) is 26.7. The number of rotatable bonds is 9. The van der Waals surface area contributed by atoms with Crippen LogP contribution in [-0.2, 0) is 25.4 Å². The van der Waals surface area contributed by atoms with E-state index in [4.69, 9.17) is 5.10 Å². The van der Waals surface area contributed by atoms with E-state index in [-0.39, 0.29) is 5.50 Å². The van der Waals surface area contributed by atoms with Crippen molar-refractivity contribution in [2.75, 3.05) is 9.91 Å². The molecule has 1 aromatic heterocycles. The molecule has 48 heavy (non-hydrogen) atoms. The molecule has 2 atom stereocenters. The van der Waals surface area contributed by atoms with E-state index in [1.54, 1.807) is 23.9 Å². The van der Waals surface area contributed by atoms with Crippen LogP contribution >= 0.6 is 11.8 Å². The highest BCUT2D eigenvalue weighted by molar-refractivity contribution is 7.99. The van der Waals surface area contributed by atoms with E-state index in [9.17, 15) is 13.2 Å². The minimum atomic E-state index is -4.37. The quantitative estimate of drug-likeness (QED) is 0.154. The maximum absolute atomic E-state index is 13.3. The summed E-state index contributed by atoms with van der Waals surface area (Å²) >= 11 is 1.63. The summed E-state index contributed by atoms with van der Waals surface area (Å²) in [6, 6.07) is 43.2. The number of halogens is 3. The molecule has 0 amide bonds. The second-order valence-electron chi connectivity index (χ2n) is 12.2. The predicted molar refractivity (Wildman–Crippen MR) is 192 cm³/mol. The number of aromatic nitrogens is 1. The van der Waals surface area contributed by atoms with Crippen LogP contribution in [0.5, 0.6) is 0 Å². The number of alkyl halides is 3. The van der Waals surface area contributed by atoms with Crippen molar-refractivity contribution in [2.45, 2.75) is 36.7 Å². The van der Waals surface area contributed by atoms with Gasteiger partial charge in [-0.25, -0.2) is 5.01 Å². The van der Waals surface area contributed by atoms with Crippen LogP contribution in [0.4, 0.5) is 24.5 Å². The molecular formula is C40H35F3N4S. The molecule has 0 saturated heterocycles. The topological polar surface area (TPSA) is 23.8 Å². The Kier molecular flexibility index (Phi) is 8.75. The minimum absolute atomic E-state index is 0.290. The predicted octanol–water partition coefficient (Wildman–Crippen LogP) is 10.4. The Morgan fingerprint density at radius 3 is 2.21 bits per heavy atom. The number of nitrogens with zero attached hydrogens (tertiary/aromatic N) is 4. The fraction of sp³-hybridized carbons (Fsp3) is 0.175. The van der Waals surface area contributed by atoms with Gasteiger partial charge in [-0.15, -0.1) is 11.8 Å². The van der Waals surface area contributed by atoms with E-state index < -0.39 is 11.7 Å². The van der Waals surface area contributed by atoms with Crippen LogP contribution in [0, 0.1) is 0 Å². The summed E-state index contributed by atoms with van der Waals surface area (Å²) in [6.07, 6.45) is -1.39. The van der Waals surface area contributed by atoms with Gasteiger partial charge in [0.15, 0.2) is 11.3 Å². The third-order valence-electron chi connectivity index (χ3n) is 8.81. The monoisotopic (exact) mass is 660 g/mol. The van der Waals surface area contributed by atoms with E-state index in [2.05, 4.69) is 95.4 Å². The molecule has 8 heteroatoms. The molecular weight excluding hydrogens is 626 g/mol. The molecule has 0 aliphatic carbocycles. The van der Waals surface area contributed by atoms with Crippen LogP contribution < -0.4 is 9.91 Å². The molecule has 0 radical (unpaired) electrons. The molecule has 0 N–H and O–H groups in total. The number of fused-ring (bicyclic) bond motifs is 1. The maximum Gasteiger partial charge on any atom is 0.416 e. The highest BCUT2D eigenvalue weighted by Crippen LogP contribution is 2.40. The van der Waals surface area contributed by atoms with Gasteiger partial charge in [0.1, 0.15) is 0 Å². The van der Waals surface area contributed by atoms with Crippen molar-refractivity contribution in [2.24, 2.45) is 12.1 Å². The first-order chi connectivity index (χ1) is 23.2. The lowest BCUT2D eigenvalue weighted by molar-refractivity contribution is -0.137. The average Bonchev–Trinajstić information content (AvgIpc) is 3.68. The molecule has 2 unspecified atom stereocenters. The van der Waals surface area contributed by atoms with Crippen molar-refractivity contribution >= 4 is 39.9 Å². The lowest BCUT2D eigenvalue weighted by Gasteiger charge is -2.32. The first-order valence-corrected chi connectivity index (χ1v) is 17.0. The summed E-state index contributed by atoms with van der Waals surface area (Å²) in [5.41, 5.74) is 6.41. The number of thioether (sulfide) groups is 1. The van der Waals surface area contributed by atoms with Crippen LogP contribution in [0.2, 0.25) is 0 Å². The van der Waals surface area contributed by atoms with Crippen molar-refractivity contribution < 1.29 is 13.2 Å². The maximum atomic E-state index is 13.3. The number of para-hydroxylation sites is 1. The van der Waals surface area contributed by atoms with Crippen LogP contribution in [0.25, 0.3) is 10.9 Å². The van der Waals surface area contributed by atoms with Crippen LogP contribution in [0.15, 0.2) is 145 Å². The summed E-state index contributed by atoms with van der Waals surface area (Å²) in [7, 11) is 2.03. The van der Waals surface area contributed by atoms with E-state index in [1.165, 1.54) is 11.1 Å². The van der Waals surface area contributed by atoms with Gasteiger partial charge in [-0.05, 0) is 83.6 Å². The Hall–Kier alpha value is -4.95. The molecule has 1 aliphatic rings. The normalized spacial score (nSPS) is 15.6. The summed E-state index contributed by atoms with van der Waals surface area (Å²) in [5.74, 6) is 1.60. The SMILES string of the molecule is CC(Cc1ccccc1)c1cccc(C2=NN(c3ccccc3)C(SCc3ccc(C(F)(F)F)cc3)N2c2ccc3c(ccn3C)c2)c1. The average molecular weight is 661 g/mol. The third-order valence-corrected chi connectivity index (χ3v) is 10.0. The van der Waals surface area contributed by atoms with Crippen LogP contribution in [0.1, 0.15) is 40.7 Å². The van der Waals surface area contributed by atoms with Crippen molar-refractivity contribution in [1.82, 2.24) is 4.57 Å². The summed E-state index contributed by atoms with van der Waals surface area (Å²) in [4.78, 5) is 2.26. The molecule has 5 aromatic carbocycles. The lowest BCUT2D eigenvalue weighted by Crippen LogP contribution is -2.40. The molecule has 4 nitrogen and oxygen atoms in total. The summed E-state index contributed by atoms with van der Waals surface area (Å²) < 4.78 is 42.0. The first kappa shape index (κ1) is 31.6. The number of anilines is 2. The van der Waals surface area contributed by atoms with Crippen molar-refractivity contribution in [3.8, 4) is 0 Å². The highest BCUT2D eigenvalue weighted by Gasteiger charge is 2.38. The molecule has 1 aliphatic heterocycles. The Morgan fingerprint density at radius 2 is 1.48 bits per heavy atom. The molecule has 7 rings (SSSR count). The molecule has 0 spiro atoms. The minimum Gasteiger partial charge on any atom is -0.351 e. The van der Waals surface area contributed by atoms with Gasteiger partial charge >= 0.3 is 6.18 Å². The van der Waals surface area contributed by atoms with Gasteiger partial charge in [-0.2, -0.15) is 18.3 Å². The standard InChI is InChI=1S/C40H35F3N4S/c1-28(24-29-10-5-3-6-11-29)31-12-9-13-33(25-31)38-44-47(35-14-7-4-8-15-35)39(48-27-30-16-18-34(19-17-30)40(41,42)43)46(38)36-20-21-37-32(26-36)22-23-45(37)2/h3-23,25-26,28,39H,24,27H2,1-2H3. The Morgan fingerprint density at radius 1 is 0.750 bits per heavy atom. The number of benzene rings is 5. The third kappa shape index (κ3) is 6.58. The zero-order valence-corrected chi connectivity index (χ0v) is 27.5. The fourth-order valence-electron chi connectivity index (χ4n) is 6.22. The number of hydrogen-bond donors (Lipinski definition) is 0. The van der Waals surface area contributed by atoms with Gasteiger partial charge in [-0.1, -0.05) is 85.8 Å². The number of amidine groups is 1. The van der Waals surface area contributed by atoms with E-state index in [0.717, 1.165) is 57.8 Å². The fourth-order valence-corrected chi connectivity index (χ4v) is 7.44. The molecule has 0 saturated carbocycles. The van der Waals surface area contributed by atoms with E-state index in [0.29, 0.717) is 11.7 Å². The lowest BCUT2D eigenvalue weighted by atomic mass is 9.92. The van der Waals surface area contributed by atoms with Gasteiger partial charge < -0.3 is 4.57 Å². The number of hydrogen-bond acceptors (Lipinski definition) is 4. The smallest absolute Gasteiger partial charge is 0.351 e. The molecule has 2 heterocycles. The molecule has 6 aromatic rings. The second kappa shape index (κ2) is 13.3. The highest BCUT2D eigenvalue weighted by atomic mass is 32.2. The Balaban J connectivity index is 1.29. The first-order valence-electron chi connectivity index (χ1n) is 15.9. The van der Waals surface area contributed by atoms with Crippen LogP contribution in [-0.4, -0.2) is 15.9 Å². The summed E-state index contributed by atoms with van der Waals surface area (Å²) in [5, 5.41) is 8.44. The van der Waals surface area contributed by atoms with Crippen LogP contribution in [0.3, 0.4) is 0 Å². The number of hydrazone groups is 1. The van der Waals surface area contributed by atoms with Gasteiger partial charge in [0.2, 0.25) is 0 Å². The summed E-state index contributed by atoms with van der Waals surface area (Å²) in [6.45, 7) is 2.25. The van der Waals surface area contributed by atoms with Crippen molar-refractivity contribution in [1.29, 1.82) is 0 Å². The second-order valence-corrected chi connectivity index (χ2v) is 13.2. The van der Waals surface area contributed by atoms with Gasteiger partial charge in [0, 0.05) is 41.2 Å². The Labute approximate surface area is 283 Å². The molecule has 0 fully saturated rings.